The Balaban J connectivity index is 2.02. The van der Waals surface area contributed by atoms with Gasteiger partial charge >= 0.3 is 5.97 Å². The van der Waals surface area contributed by atoms with Crippen LogP contribution in [-0.2, 0) is 14.3 Å². The van der Waals surface area contributed by atoms with Gasteiger partial charge < -0.3 is 18.9 Å². The van der Waals surface area contributed by atoms with Crippen LogP contribution in [-0.4, -0.2) is 36.4 Å². The van der Waals surface area contributed by atoms with Crippen molar-refractivity contribution in [2.45, 2.75) is 11.9 Å². The van der Waals surface area contributed by atoms with E-state index in [4.69, 9.17) is 18.9 Å². The molecule has 33 heavy (non-hydrogen) atoms. The molecule has 8 nitrogen and oxygen atoms in total. The van der Waals surface area contributed by atoms with Crippen LogP contribution in [0, 0.1) is 18.3 Å². The molecule has 0 aliphatic carbocycles. The Morgan fingerprint density at radius 2 is 1.79 bits per heavy atom. The highest BCUT2D eigenvalue weighted by molar-refractivity contribution is 7.98. The second kappa shape index (κ2) is 11.0. The molecule has 3 aromatic rings. The Labute approximate surface area is 195 Å². The van der Waals surface area contributed by atoms with Gasteiger partial charge in [0.15, 0.2) is 0 Å². The van der Waals surface area contributed by atoms with Crippen LogP contribution in [0.2, 0.25) is 0 Å². The number of esters is 1. The number of aromatic nitrogens is 2. The highest BCUT2D eigenvalue weighted by Gasteiger charge is 2.25. The zero-order valence-electron chi connectivity index (χ0n) is 18.5. The molecule has 168 valence electrons. The Morgan fingerprint density at radius 3 is 2.45 bits per heavy atom. The third-order valence-corrected chi connectivity index (χ3v) is 5.00. The monoisotopic (exact) mass is 463 g/mol. The van der Waals surface area contributed by atoms with Crippen LogP contribution in [0.15, 0.2) is 59.8 Å². The van der Waals surface area contributed by atoms with Gasteiger partial charge in [-0.1, -0.05) is 18.2 Å². The smallest absolute Gasteiger partial charge is 0.341 e. The fourth-order valence-electron chi connectivity index (χ4n) is 2.90. The van der Waals surface area contributed by atoms with Gasteiger partial charge in [0.1, 0.15) is 39.7 Å². The lowest BCUT2D eigenvalue weighted by molar-refractivity contribution is -0.133. The summed E-state index contributed by atoms with van der Waals surface area (Å²) in [6.45, 7) is 1.73. The predicted octanol–water partition coefficient (Wildman–Crippen LogP) is 5.12. The third kappa shape index (κ3) is 5.61. The normalized spacial score (nSPS) is 10.8. The van der Waals surface area contributed by atoms with E-state index in [2.05, 4.69) is 16.0 Å². The molecule has 0 fully saturated rings. The third-order valence-electron chi connectivity index (χ3n) is 4.31. The number of para-hydroxylation sites is 1. The molecule has 2 aromatic carbocycles. The van der Waals surface area contributed by atoms with Crippen molar-refractivity contribution in [2.24, 2.45) is 0 Å². The predicted molar refractivity (Wildman–Crippen MR) is 123 cm³/mol. The van der Waals surface area contributed by atoms with Gasteiger partial charge in [-0.15, -0.1) is 11.8 Å². The molecule has 0 saturated heterocycles. The molecule has 0 bridgehead atoms. The van der Waals surface area contributed by atoms with Gasteiger partial charge in [-0.2, -0.15) is 10.2 Å². The molecule has 0 unspecified atom stereocenters. The summed E-state index contributed by atoms with van der Waals surface area (Å²) in [5.74, 6) is 1.32. The molecule has 3 rings (SSSR count). The lowest BCUT2D eigenvalue weighted by Gasteiger charge is -2.15. The lowest BCUT2D eigenvalue weighted by atomic mass is 10.1. The number of thioether (sulfide) groups is 1. The summed E-state index contributed by atoms with van der Waals surface area (Å²) < 4.78 is 22.0. The molecule has 0 amide bonds. The van der Waals surface area contributed by atoms with Crippen LogP contribution >= 0.6 is 11.8 Å². The molecule has 0 radical (unpaired) electrons. The second-order valence-corrected chi connectivity index (χ2v) is 7.30. The van der Waals surface area contributed by atoms with Crippen molar-refractivity contribution in [3.05, 3.63) is 71.7 Å². The maximum atomic E-state index is 12.4. The zero-order chi connectivity index (χ0) is 23.8. The summed E-state index contributed by atoms with van der Waals surface area (Å²) in [4.78, 5) is 21.3. The Morgan fingerprint density at radius 1 is 1.06 bits per heavy atom. The first-order chi connectivity index (χ1) is 16.0. The van der Waals surface area contributed by atoms with Gasteiger partial charge in [0.25, 0.3) is 0 Å². The SMILES string of the molecule is CO/C=C(/C(=O)OC)c1c(Oc2cccc(Oc3ccccc3C#N)c2)nc(C)nc1SC. The van der Waals surface area contributed by atoms with Crippen molar-refractivity contribution in [3.8, 4) is 29.2 Å². The summed E-state index contributed by atoms with van der Waals surface area (Å²) in [5, 5.41) is 9.82. The van der Waals surface area contributed by atoms with E-state index in [-0.39, 0.29) is 11.5 Å². The van der Waals surface area contributed by atoms with E-state index in [1.165, 1.54) is 32.2 Å². The van der Waals surface area contributed by atoms with Crippen LogP contribution in [0.1, 0.15) is 17.0 Å². The average molecular weight is 464 g/mol. The molecule has 0 aliphatic rings. The van der Waals surface area contributed by atoms with Crippen molar-refractivity contribution < 1.29 is 23.7 Å². The molecule has 0 saturated carbocycles. The number of ether oxygens (including phenoxy) is 4. The summed E-state index contributed by atoms with van der Waals surface area (Å²) in [6, 6.07) is 15.9. The average Bonchev–Trinajstić information content (AvgIpc) is 2.82. The summed E-state index contributed by atoms with van der Waals surface area (Å²) >= 11 is 1.33. The van der Waals surface area contributed by atoms with E-state index in [1.54, 1.807) is 55.5 Å². The largest absolute Gasteiger partial charge is 0.503 e. The maximum Gasteiger partial charge on any atom is 0.341 e. The molecule has 0 spiro atoms. The number of nitriles is 1. The first-order valence-electron chi connectivity index (χ1n) is 9.69. The van der Waals surface area contributed by atoms with Crippen LogP contribution in [0.3, 0.4) is 0 Å². The maximum absolute atomic E-state index is 12.4. The molecule has 1 aromatic heterocycles. The molecule has 0 atom stereocenters. The molecular weight excluding hydrogens is 442 g/mol. The van der Waals surface area contributed by atoms with Crippen molar-refractivity contribution in [2.75, 3.05) is 20.5 Å². The van der Waals surface area contributed by atoms with Gasteiger partial charge in [-0.25, -0.2) is 9.78 Å². The minimum absolute atomic E-state index is 0.120. The fourth-order valence-corrected chi connectivity index (χ4v) is 3.52. The zero-order valence-corrected chi connectivity index (χ0v) is 19.3. The molecule has 0 aliphatic heterocycles. The lowest BCUT2D eigenvalue weighted by Crippen LogP contribution is -2.10. The van der Waals surface area contributed by atoms with Crippen molar-refractivity contribution in [1.29, 1.82) is 5.26 Å². The van der Waals surface area contributed by atoms with Gasteiger partial charge in [-0.05, 0) is 37.4 Å². The first-order valence-corrected chi connectivity index (χ1v) is 10.9. The highest BCUT2D eigenvalue weighted by atomic mass is 32.2. The van der Waals surface area contributed by atoms with E-state index in [1.807, 2.05) is 6.26 Å². The van der Waals surface area contributed by atoms with Crippen LogP contribution < -0.4 is 9.47 Å². The minimum Gasteiger partial charge on any atom is -0.503 e. The van der Waals surface area contributed by atoms with Crippen molar-refractivity contribution >= 4 is 23.3 Å². The topological polar surface area (TPSA) is 104 Å². The van der Waals surface area contributed by atoms with Crippen molar-refractivity contribution in [3.63, 3.8) is 0 Å². The number of aryl methyl sites for hydroxylation is 1. The van der Waals surface area contributed by atoms with Gasteiger partial charge in [-0.3, -0.25) is 0 Å². The fraction of sp³-hybridized carbons (Fsp3) is 0.167. The van der Waals surface area contributed by atoms with Crippen LogP contribution in [0.4, 0.5) is 0 Å². The standard InChI is InChI=1S/C24H21N3O5S/c1-15-26-22(21(23(27-15)33-4)19(14-29-2)24(28)30-3)32-18-10-7-9-17(12-18)31-20-11-6-5-8-16(20)13-25/h5-12,14H,1-4H3/b19-14+. The molecular formula is C24H21N3O5S. The number of nitrogens with zero attached hydrogens (tertiary/aromatic N) is 3. The van der Waals surface area contributed by atoms with E-state index in [9.17, 15) is 10.1 Å². The number of rotatable bonds is 8. The Bertz CT molecular complexity index is 1240. The van der Waals surface area contributed by atoms with Gasteiger partial charge in [0, 0.05) is 6.07 Å². The summed E-state index contributed by atoms with van der Waals surface area (Å²) in [5.41, 5.74) is 0.882. The minimum atomic E-state index is -0.616. The molecule has 0 N–H and O–H groups in total. The Hall–Kier alpha value is -4.03. The molecule has 9 heteroatoms. The van der Waals surface area contributed by atoms with E-state index in [0.717, 1.165) is 0 Å². The van der Waals surface area contributed by atoms with E-state index >= 15 is 0 Å². The summed E-state index contributed by atoms with van der Waals surface area (Å²) in [6.07, 6.45) is 3.10. The number of hydrogen-bond donors (Lipinski definition) is 0. The van der Waals surface area contributed by atoms with Crippen LogP contribution in [0.25, 0.3) is 5.57 Å². The number of methoxy groups -OCH3 is 2. The quantitative estimate of drug-likeness (QED) is 0.148. The van der Waals surface area contributed by atoms with Crippen LogP contribution in [0.5, 0.6) is 23.1 Å². The van der Waals surface area contributed by atoms with Gasteiger partial charge in [0.2, 0.25) is 5.88 Å². The second-order valence-electron chi connectivity index (χ2n) is 6.51. The Kier molecular flexibility index (Phi) is 7.89. The number of hydrogen-bond acceptors (Lipinski definition) is 9. The first kappa shape index (κ1) is 23.6. The highest BCUT2D eigenvalue weighted by Crippen LogP contribution is 2.36. The van der Waals surface area contributed by atoms with E-state index < -0.39 is 5.97 Å². The molecule has 1 heterocycles. The van der Waals surface area contributed by atoms with Crippen molar-refractivity contribution in [1.82, 2.24) is 9.97 Å². The number of benzene rings is 2. The van der Waals surface area contributed by atoms with Gasteiger partial charge in [0.05, 0.1) is 31.6 Å². The number of carbonyl (C=O) groups is 1. The summed E-state index contributed by atoms with van der Waals surface area (Å²) in [7, 11) is 2.71. The van der Waals surface area contributed by atoms with E-state index in [0.29, 0.717) is 39.2 Å². The number of carbonyl (C=O) groups excluding carboxylic acids is 1.